The Kier molecular flexibility index (Phi) is 7.13. The maximum atomic E-state index is 12.9. The molecule has 3 aromatic rings. The highest BCUT2D eigenvalue weighted by atomic mass is 32.1. The van der Waals surface area contributed by atoms with E-state index in [-0.39, 0.29) is 18.0 Å². The van der Waals surface area contributed by atoms with E-state index in [0.29, 0.717) is 24.1 Å². The number of hydrogen-bond acceptors (Lipinski definition) is 3. The maximum Gasteiger partial charge on any atom is 0.226 e. The lowest BCUT2D eigenvalue weighted by molar-refractivity contribution is -0.116. The summed E-state index contributed by atoms with van der Waals surface area (Å²) in [6.07, 6.45) is 10.7. The van der Waals surface area contributed by atoms with Crippen LogP contribution in [0.25, 0.3) is 0 Å². The Balaban J connectivity index is 1.40. The standard InChI is InChI=1S/C28H33N5OS/c1-20-10-5-6-13-22(20)30-25(34)16-19-33-27(26(31-28(33)35)23-14-7-8-17-29-23)24-15-9-18-32(24)21-11-3-2-4-12-21/h5-10,13-15,17-18,21,26-27H,2-4,11-12,16,19H2,1H3,(H,30,34)(H,31,35)/t26-,27-/m0/s1. The first kappa shape index (κ1) is 23.5. The number of carbonyl (C=O) groups is 1. The molecule has 1 amide bonds. The number of carbonyl (C=O) groups excluding carboxylic acids is 1. The predicted molar refractivity (Wildman–Crippen MR) is 143 cm³/mol. The van der Waals surface area contributed by atoms with Crippen molar-refractivity contribution in [1.29, 1.82) is 0 Å². The molecule has 2 aromatic heterocycles. The summed E-state index contributed by atoms with van der Waals surface area (Å²) < 4.78 is 2.45. The molecule has 1 saturated heterocycles. The number of amides is 1. The Morgan fingerprint density at radius 3 is 2.66 bits per heavy atom. The van der Waals surface area contributed by atoms with Crippen molar-refractivity contribution >= 4 is 28.9 Å². The Bertz CT molecular complexity index is 1170. The molecule has 5 rings (SSSR count). The Hall–Kier alpha value is -3.19. The van der Waals surface area contributed by atoms with Gasteiger partial charge in [-0.3, -0.25) is 9.78 Å². The van der Waals surface area contributed by atoms with E-state index in [1.54, 1.807) is 0 Å². The average Bonchev–Trinajstić information content (AvgIpc) is 3.49. The number of thiocarbonyl (C=S) groups is 1. The zero-order valence-corrected chi connectivity index (χ0v) is 21.0. The van der Waals surface area contributed by atoms with E-state index in [4.69, 9.17) is 12.2 Å². The van der Waals surface area contributed by atoms with Gasteiger partial charge in [0.15, 0.2) is 5.11 Å². The van der Waals surface area contributed by atoms with Crippen molar-refractivity contribution in [2.45, 2.75) is 63.6 Å². The molecule has 1 saturated carbocycles. The van der Waals surface area contributed by atoms with Crippen molar-refractivity contribution in [3.8, 4) is 0 Å². The van der Waals surface area contributed by atoms with Gasteiger partial charge < -0.3 is 20.1 Å². The lowest BCUT2D eigenvalue weighted by atomic mass is 9.94. The largest absolute Gasteiger partial charge is 0.352 e. The minimum atomic E-state index is -0.0691. The van der Waals surface area contributed by atoms with E-state index >= 15 is 0 Å². The summed E-state index contributed by atoms with van der Waals surface area (Å²) in [5.74, 6) is -0.00945. The van der Waals surface area contributed by atoms with Crippen LogP contribution < -0.4 is 10.6 Å². The lowest BCUT2D eigenvalue weighted by Crippen LogP contribution is -2.34. The van der Waals surface area contributed by atoms with E-state index in [9.17, 15) is 4.79 Å². The first-order valence-electron chi connectivity index (χ1n) is 12.6. The minimum absolute atomic E-state index is 0.00945. The summed E-state index contributed by atoms with van der Waals surface area (Å²) in [5, 5.41) is 7.25. The molecule has 1 aliphatic heterocycles. The van der Waals surface area contributed by atoms with Gasteiger partial charge in [0.25, 0.3) is 0 Å². The number of aromatic nitrogens is 2. The second-order valence-electron chi connectivity index (χ2n) is 9.57. The maximum absolute atomic E-state index is 12.9. The van der Waals surface area contributed by atoms with Crippen molar-refractivity contribution in [2.24, 2.45) is 0 Å². The molecule has 6 nitrogen and oxygen atoms in total. The molecule has 3 heterocycles. The van der Waals surface area contributed by atoms with Crippen LogP contribution in [0.3, 0.4) is 0 Å². The zero-order valence-electron chi connectivity index (χ0n) is 20.2. The van der Waals surface area contributed by atoms with Crippen molar-refractivity contribution in [3.05, 3.63) is 83.9 Å². The molecule has 0 unspecified atom stereocenters. The molecule has 182 valence electrons. The summed E-state index contributed by atoms with van der Waals surface area (Å²) in [6, 6.07) is 18.6. The van der Waals surface area contributed by atoms with Crippen LogP contribution in [0.2, 0.25) is 0 Å². The fraction of sp³-hybridized carbons (Fsp3) is 0.393. The molecule has 1 aromatic carbocycles. The minimum Gasteiger partial charge on any atom is -0.352 e. The van der Waals surface area contributed by atoms with E-state index < -0.39 is 0 Å². The summed E-state index contributed by atoms with van der Waals surface area (Å²) in [7, 11) is 0. The van der Waals surface area contributed by atoms with Crippen LogP contribution in [0.4, 0.5) is 5.69 Å². The Morgan fingerprint density at radius 2 is 1.89 bits per heavy atom. The SMILES string of the molecule is Cc1ccccc1NC(=O)CCN1C(=S)N[C@@H](c2ccccn2)[C@@H]1c1cccn1C1CCCCC1. The normalized spacial score (nSPS) is 20.6. The second kappa shape index (κ2) is 10.6. The first-order valence-corrected chi connectivity index (χ1v) is 13.0. The predicted octanol–water partition coefficient (Wildman–Crippen LogP) is 5.70. The Morgan fingerprint density at radius 1 is 1.09 bits per heavy atom. The molecule has 0 spiro atoms. The van der Waals surface area contributed by atoms with Crippen LogP contribution in [-0.4, -0.2) is 32.0 Å². The smallest absolute Gasteiger partial charge is 0.226 e. The molecule has 0 bridgehead atoms. The van der Waals surface area contributed by atoms with Gasteiger partial charge in [0, 0.05) is 42.8 Å². The Labute approximate surface area is 212 Å². The molecular formula is C28H33N5OS. The van der Waals surface area contributed by atoms with Gasteiger partial charge in [-0.1, -0.05) is 43.5 Å². The van der Waals surface area contributed by atoms with Crippen LogP contribution in [0, 0.1) is 6.92 Å². The highest BCUT2D eigenvalue weighted by Gasteiger charge is 2.41. The van der Waals surface area contributed by atoms with Crippen LogP contribution in [0.5, 0.6) is 0 Å². The third-order valence-corrected chi connectivity index (χ3v) is 7.63. The third-order valence-electron chi connectivity index (χ3n) is 7.28. The van der Waals surface area contributed by atoms with E-state index in [2.05, 4.69) is 49.5 Å². The number of para-hydroxylation sites is 1. The first-order chi connectivity index (χ1) is 17.1. The third kappa shape index (κ3) is 5.10. The van der Waals surface area contributed by atoms with Crippen molar-refractivity contribution in [2.75, 3.05) is 11.9 Å². The number of hydrogen-bond donors (Lipinski definition) is 2. The molecule has 2 N–H and O–H groups in total. The van der Waals surface area contributed by atoms with Gasteiger partial charge in [-0.2, -0.15) is 0 Å². The monoisotopic (exact) mass is 487 g/mol. The number of nitrogens with one attached hydrogen (secondary N) is 2. The van der Waals surface area contributed by atoms with E-state index in [0.717, 1.165) is 16.9 Å². The number of benzene rings is 1. The summed E-state index contributed by atoms with van der Waals surface area (Å²) >= 11 is 5.82. The summed E-state index contributed by atoms with van der Waals surface area (Å²) in [4.78, 5) is 19.7. The highest BCUT2D eigenvalue weighted by molar-refractivity contribution is 7.80. The van der Waals surface area contributed by atoms with Gasteiger partial charge in [-0.15, -0.1) is 0 Å². The lowest BCUT2D eigenvalue weighted by Gasteiger charge is -2.32. The van der Waals surface area contributed by atoms with Gasteiger partial charge in [0.05, 0.1) is 17.8 Å². The summed E-state index contributed by atoms with van der Waals surface area (Å²) in [6.45, 7) is 2.54. The molecule has 1 aliphatic carbocycles. The van der Waals surface area contributed by atoms with E-state index in [1.807, 2.05) is 49.5 Å². The topological polar surface area (TPSA) is 62.2 Å². The van der Waals surface area contributed by atoms with Gasteiger partial charge >= 0.3 is 0 Å². The van der Waals surface area contributed by atoms with Gasteiger partial charge in [-0.25, -0.2) is 0 Å². The molecule has 2 fully saturated rings. The molecule has 7 heteroatoms. The fourth-order valence-electron chi connectivity index (χ4n) is 5.47. The van der Waals surface area contributed by atoms with Gasteiger partial charge in [-0.05, 0) is 67.9 Å². The number of aryl methyl sites for hydroxylation is 1. The van der Waals surface area contributed by atoms with Crippen LogP contribution >= 0.6 is 12.2 Å². The number of anilines is 1. The number of rotatable bonds is 7. The van der Waals surface area contributed by atoms with Crippen molar-refractivity contribution in [1.82, 2.24) is 19.8 Å². The summed E-state index contributed by atoms with van der Waals surface area (Å²) in [5.41, 5.74) is 4.11. The van der Waals surface area contributed by atoms with Gasteiger partial charge in [0.2, 0.25) is 5.91 Å². The fourth-order valence-corrected chi connectivity index (χ4v) is 5.80. The molecule has 2 aliphatic rings. The van der Waals surface area contributed by atoms with Crippen LogP contribution in [-0.2, 0) is 4.79 Å². The van der Waals surface area contributed by atoms with Crippen LogP contribution in [0.1, 0.15) is 73.6 Å². The average molecular weight is 488 g/mol. The molecule has 2 atom stereocenters. The van der Waals surface area contributed by atoms with Crippen LogP contribution in [0.15, 0.2) is 67.0 Å². The second-order valence-corrected chi connectivity index (χ2v) is 9.95. The molecular weight excluding hydrogens is 454 g/mol. The quantitative estimate of drug-likeness (QED) is 0.419. The number of pyridine rings is 1. The highest BCUT2D eigenvalue weighted by Crippen LogP contribution is 2.41. The zero-order chi connectivity index (χ0) is 24.2. The van der Waals surface area contributed by atoms with Crippen molar-refractivity contribution in [3.63, 3.8) is 0 Å². The van der Waals surface area contributed by atoms with Gasteiger partial charge in [0.1, 0.15) is 0 Å². The van der Waals surface area contributed by atoms with E-state index in [1.165, 1.54) is 37.8 Å². The van der Waals surface area contributed by atoms with Crippen molar-refractivity contribution < 1.29 is 4.79 Å². The molecule has 0 radical (unpaired) electrons. The number of nitrogens with zero attached hydrogens (tertiary/aromatic N) is 3. The molecule has 35 heavy (non-hydrogen) atoms.